The maximum atomic E-state index is 11.1. The van der Waals surface area contributed by atoms with E-state index in [1.807, 2.05) is 6.92 Å². The molecule has 0 fully saturated rings. The maximum Gasteiger partial charge on any atom is 0.461 e. The molecule has 1 unspecified atom stereocenters. The second-order valence-corrected chi connectivity index (χ2v) is 3.84. The van der Waals surface area contributed by atoms with Gasteiger partial charge in [-0.1, -0.05) is 12.0 Å². The van der Waals surface area contributed by atoms with Gasteiger partial charge in [0.15, 0.2) is 0 Å². The molecule has 0 aromatic carbocycles. The first-order chi connectivity index (χ1) is 6.11. The molecule has 0 saturated heterocycles. The average Bonchev–Trinajstić information content (AvgIpc) is 2.13. The van der Waals surface area contributed by atoms with Crippen LogP contribution in [0.15, 0.2) is 0 Å². The van der Waals surface area contributed by atoms with Crippen LogP contribution in [0.4, 0.5) is 0 Å². The van der Waals surface area contributed by atoms with Crippen molar-refractivity contribution in [2.24, 2.45) is 0 Å². The molecule has 0 saturated carbocycles. The molecular formula is C7H15NO4P+. The minimum atomic E-state index is -1.91. The molecule has 0 aliphatic carbocycles. The van der Waals surface area contributed by atoms with Crippen molar-refractivity contribution in [3.05, 3.63) is 0 Å². The number of aliphatic hydroxyl groups is 1. The van der Waals surface area contributed by atoms with Crippen LogP contribution in [0.25, 0.3) is 0 Å². The Kier molecular flexibility index (Phi) is 6.68. The van der Waals surface area contributed by atoms with Crippen LogP contribution >= 0.6 is 7.95 Å². The molecule has 2 atom stereocenters. The molecule has 6 heteroatoms. The van der Waals surface area contributed by atoms with E-state index < -0.39 is 26.3 Å². The van der Waals surface area contributed by atoms with E-state index in [1.54, 1.807) is 6.92 Å². The second-order valence-electron chi connectivity index (χ2n) is 2.54. The zero-order valence-electron chi connectivity index (χ0n) is 7.82. The van der Waals surface area contributed by atoms with Crippen LogP contribution in [0, 0.1) is 0 Å². The van der Waals surface area contributed by atoms with Gasteiger partial charge in [0.1, 0.15) is 6.04 Å². The Hall–Kier alpha value is -0.510. The first-order valence-corrected chi connectivity index (χ1v) is 5.54. The Morgan fingerprint density at radius 2 is 2.31 bits per heavy atom. The van der Waals surface area contributed by atoms with E-state index >= 15 is 0 Å². The van der Waals surface area contributed by atoms with Gasteiger partial charge in [0, 0.05) is 0 Å². The molecule has 13 heavy (non-hydrogen) atoms. The zero-order valence-corrected chi connectivity index (χ0v) is 8.71. The normalized spacial score (nSPS) is 13.6. The van der Waals surface area contributed by atoms with E-state index in [9.17, 15) is 9.36 Å². The largest absolute Gasteiger partial charge is 0.464 e. The first-order valence-electron chi connectivity index (χ1n) is 4.10. The van der Waals surface area contributed by atoms with E-state index in [1.165, 1.54) is 0 Å². The molecule has 0 aromatic rings. The third-order valence-electron chi connectivity index (χ3n) is 1.27. The van der Waals surface area contributed by atoms with Crippen LogP contribution in [-0.2, 0) is 14.1 Å². The van der Waals surface area contributed by atoms with Crippen molar-refractivity contribution in [1.82, 2.24) is 5.09 Å². The van der Waals surface area contributed by atoms with Crippen LogP contribution < -0.4 is 5.09 Å². The summed E-state index contributed by atoms with van der Waals surface area (Å²) in [6.07, 6.45) is 0.283. The van der Waals surface area contributed by atoms with E-state index in [-0.39, 0.29) is 0 Å². The van der Waals surface area contributed by atoms with Crippen LogP contribution in [0.5, 0.6) is 0 Å². The van der Waals surface area contributed by atoms with Gasteiger partial charge in [-0.05, 0) is 17.9 Å². The average molecular weight is 208 g/mol. The third-order valence-corrected chi connectivity index (χ3v) is 2.20. The van der Waals surface area contributed by atoms with Gasteiger partial charge in [-0.15, -0.1) is 0 Å². The fourth-order valence-electron chi connectivity index (χ4n) is 0.637. The van der Waals surface area contributed by atoms with Crippen LogP contribution in [0.3, 0.4) is 0 Å². The molecule has 0 aromatic heterocycles. The highest BCUT2D eigenvalue weighted by atomic mass is 31.1. The lowest BCUT2D eigenvalue weighted by Crippen LogP contribution is -2.31. The lowest BCUT2D eigenvalue weighted by molar-refractivity contribution is -0.145. The number of aliphatic hydroxyl groups excluding tert-OH is 1. The highest BCUT2D eigenvalue weighted by Gasteiger charge is 2.23. The number of esters is 1. The van der Waals surface area contributed by atoms with Crippen molar-refractivity contribution in [2.75, 3.05) is 13.0 Å². The minimum Gasteiger partial charge on any atom is -0.464 e. The molecule has 0 bridgehead atoms. The Bertz CT molecular complexity index is 185. The Labute approximate surface area is 78.3 Å². The molecule has 2 N–H and O–H groups in total. The van der Waals surface area contributed by atoms with Gasteiger partial charge in [0.2, 0.25) is 0 Å². The van der Waals surface area contributed by atoms with Crippen LogP contribution in [0.2, 0.25) is 0 Å². The highest BCUT2D eigenvalue weighted by molar-refractivity contribution is 7.42. The zero-order chi connectivity index (χ0) is 10.3. The predicted octanol–water partition coefficient (Wildman–Crippen LogP) is 0.610. The number of carbonyl (C=O) groups is 1. The summed E-state index contributed by atoms with van der Waals surface area (Å²) in [6, 6.07) is -0.637. The van der Waals surface area contributed by atoms with Crippen molar-refractivity contribution >= 4 is 13.9 Å². The van der Waals surface area contributed by atoms with Crippen LogP contribution in [-0.4, -0.2) is 30.1 Å². The number of carbonyl (C=O) groups excluding carboxylic acids is 1. The number of rotatable bonds is 6. The third kappa shape index (κ3) is 5.69. The van der Waals surface area contributed by atoms with Gasteiger partial charge in [0.05, 0.1) is 6.61 Å². The molecule has 0 amide bonds. The van der Waals surface area contributed by atoms with Crippen molar-refractivity contribution in [3.63, 3.8) is 0 Å². The maximum absolute atomic E-state index is 11.1. The molecule has 0 spiro atoms. The Morgan fingerprint density at radius 3 is 2.77 bits per heavy atom. The molecule has 0 aliphatic rings. The van der Waals surface area contributed by atoms with Gasteiger partial charge in [-0.2, -0.15) is 0 Å². The summed E-state index contributed by atoms with van der Waals surface area (Å²) in [5.41, 5.74) is 0. The van der Waals surface area contributed by atoms with E-state index in [2.05, 4.69) is 5.09 Å². The predicted molar refractivity (Wildman–Crippen MR) is 48.5 cm³/mol. The Balaban J connectivity index is 3.75. The Morgan fingerprint density at radius 1 is 1.69 bits per heavy atom. The summed E-state index contributed by atoms with van der Waals surface area (Å²) < 4.78 is 15.6. The van der Waals surface area contributed by atoms with E-state index in [0.29, 0.717) is 6.61 Å². The van der Waals surface area contributed by atoms with Gasteiger partial charge in [0.25, 0.3) is 6.35 Å². The van der Waals surface area contributed by atoms with E-state index in [4.69, 9.17) is 9.84 Å². The van der Waals surface area contributed by atoms with Crippen molar-refractivity contribution < 1.29 is 19.2 Å². The quantitative estimate of drug-likeness (QED) is 0.494. The fraction of sp³-hybridized carbons (Fsp3) is 0.857. The summed E-state index contributed by atoms with van der Waals surface area (Å²) in [5.74, 6) is -0.446. The van der Waals surface area contributed by atoms with E-state index in [0.717, 1.165) is 6.42 Å². The summed E-state index contributed by atoms with van der Waals surface area (Å²) in [4.78, 5) is 11.1. The van der Waals surface area contributed by atoms with Gasteiger partial charge in [-0.3, -0.25) is 4.79 Å². The summed E-state index contributed by atoms with van der Waals surface area (Å²) in [5, 5.41) is 10.9. The lowest BCUT2D eigenvalue weighted by Gasteiger charge is -2.06. The molecule has 0 heterocycles. The summed E-state index contributed by atoms with van der Waals surface area (Å²) >= 11 is 0. The SMILES string of the molecule is CCCOC(=O)[C@H](C)N[P+](=O)CO. The lowest BCUT2D eigenvalue weighted by atomic mass is 10.4. The number of hydrogen-bond donors (Lipinski definition) is 2. The molecule has 0 rings (SSSR count). The molecule has 0 radical (unpaired) electrons. The van der Waals surface area contributed by atoms with Gasteiger partial charge in [-0.25, -0.2) is 0 Å². The number of nitrogens with one attached hydrogen (secondary N) is 1. The number of ether oxygens (including phenoxy) is 1. The molecule has 5 nitrogen and oxygen atoms in total. The van der Waals surface area contributed by atoms with Crippen molar-refractivity contribution in [3.8, 4) is 0 Å². The highest BCUT2D eigenvalue weighted by Crippen LogP contribution is 2.12. The molecule has 0 aliphatic heterocycles. The van der Waals surface area contributed by atoms with Gasteiger partial charge < -0.3 is 9.84 Å². The topological polar surface area (TPSA) is 75.6 Å². The van der Waals surface area contributed by atoms with Crippen molar-refractivity contribution in [1.29, 1.82) is 0 Å². The molecular weight excluding hydrogens is 193 g/mol. The van der Waals surface area contributed by atoms with Gasteiger partial charge >= 0.3 is 13.9 Å². The fourth-order valence-corrected chi connectivity index (χ4v) is 1.26. The monoisotopic (exact) mass is 208 g/mol. The summed E-state index contributed by atoms with van der Waals surface area (Å²) in [6.45, 7) is 3.79. The standard InChI is InChI=1S/C7H15NO4P/c1-3-4-12-7(10)6(2)8-13(11)5-9/h6,9H,3-5H2,1-2H3,(H,8,11)/q+1/t6-/m0/s1. The molecule has 76 valence electrons. The minimum absolute atomic E-state index is 0.362. The summed E-state index contributed by atoms with van der Waals surface area (Å²) in [7, 11) is -1.91. The second kappa shape index (κ2) is 6.95. The van der Waals surface area contributed by atoms with Crippen molar-refractivity contribution in [2.45, 2.75) is 26.3 Å². The smallest absolute Gasteiger partial charge is 0.461 e. The number of hydrogen-bond acceptors (Lipinski definition) is 4. The van der Waals surface area contributed by atoms with Crippen LogP contribution in [0.1, 0.15) is 20.3 Å². The first kappa shape index (κ1) is 12.5.